The van der Waals surface area contributed by atoms with Crippen molar-refractivity contribution in [2.24, 2.45) is 0 Å². The van der Waals surface area contributed by atoms with E-state index >= 15 is 0 Å². The number of anilines is 1. The van der Waals surface area contributed by atoms with Gasteiger partial charge in [0, 0.05) is 11.8 Å². The summed E-state index contributed by atoms with van der Waals surface area (Å²) >= 11 is -0.116. The van der Waals surface area contributed by atoms with Crippen LogP contribution in [0.1, 0.15) is 0 Å². The van der Waals surface area contributed by atoms with Crippen molar-refractivity contribution >= 4 is 17.4 Å². The third kappa shape index (κ3) is 5.08. The van der Waals surface area contributed by atoms with Crippen LogP contribution in [0.2, 0.25) is 0 Å². The third-order valence-electron chi connectivity index (χ3n) is 1.82. The van der Waals surface area contributed by atoms with E-state index in [2.05, 4.69) is 0 Å². The largest absolute Gasteiger partial charge is 0.495 e. The average molecular weight is 267 g/mol. The predicted octanol–water partition coefficient (Wildman–Crippen LogP) is 2.91. The number of alkyl halides is 3. The number of hydrogen-bond acceptors (Lipinski definition) is 4. The van der Waals surface area contributed by atoms with Gasteiger partial charge in [-0.15, -0.1) is 0 Å². The lowest BCUT2D eigenvalue weighted by molar-refractivity contribution is -0.0329. The van der Waals surface area contributed by atoms with Crippen LogP contribution in [-0.4, -0.2) is 25.0 Å². The van der Waals surface area contributed by atoms with E-state index in [1.165, 1.54) is 13.2 Å². The van der Waals surface area contributed by atoms with Gasteiger partial charge in [-0.1, -0.05) is 0 Å². The maximum absolute atomic E-state index is 11.8. The fourth-order valence-corrected chi connectivity index (χ4v) is 1.52. The Labute approximate surface area is 101 Å². The van der Waals surface area contributed by atoms with Gasteiger partial charge in [-0.2, -0.15) is 13.2 Å². The summed E-state index contributed by atoms with van der Waals surface area (Å²) in [5, 5.41) is 0. The van der Waals surface area contributed by atoms with Gasteiger partial charge in [-0.25, -0.2) is 0 Å². The van der Waals surface area contributed by atoms with Gasteiger partial charge < -0.3 is 15.2 Å². The maximum atomic E-state index is 11.8. The molecule has 0 heterocycles. The van der Waals surface area contributed by atoms with Crippen LogP contribution in [-0.2, 0) is 0 Å². The van der Waals surface area contributed by atoms with Crippen LogP contribution >= 0.6 is 11.8 Å². The van der Waals surface area contributed by atoms with Gasteiger partial charge in [0.1, 0.15) is 11.5 Å². The Morgan fingerprint density at radius 2 is 2.06 bits per heavy atom. The minimum absolute atomic E-state index is 0.0318. The SMILES string of the molecule is COc1ccc(OCCSC(F)(F)F)cc1N. The van der Waals surface area contributed by atoms with E-state index in [4.69, 9.17) is 15.2 Å². The fourth-order valence-electron chi connectivity index (χ4n) is 1.12. The molecule has 0 aliphatic rings. The number of nitrogen functional groups attached to an aromatic ring is 1. The van der Waals surface area contributed by atoms with Gasteiger partial charge >= 0.3 is 5.51 Å². The van der Waals surface area contributed by atoms with Crippen LogP contribution in [0, 0.1) is 0 Å². The molecule has 0 amide bonds. The maximum Gasteiger partial charge on any atom is 0.441 e. The molecule has 7 heteroatoms. The van der Waals surface area contributed by atoms with Crippen molar-refractivity contribution in [3.8, 4) is 11.5 Å². The summed E-state index contributed by atoms with van der Waals surface area (Å²) in [6, 6.07) is 4.70. The van der Waals surface area contributed by atoms with E-state index in [1.54, 1.807) is 12.1 Å². The minimum Gasteiger partial charge on any atom is -0.495 e. The summed E-state index contributed by atoms with van der Waals surface area (Å²) in [5.41, 5.74) is 1.78. The lowest BCUT2D eigenvalue weighted by Gasteiger charge is -2.09. The van der Waals surface area contributed by atoms with Crippen molar-refractivity contribution in [3.63, 3.8) is 0 Å². The Hall–Kier alpha value is -1.24. The normalized spacial score (nSPS) is 11.3. The molecule has 96 valence electrons. The summed E-state index contributed by atoms with van der Waals surface area (Å²) in [5.74, 6) is 0.767. The molecule has 0 saturated heterocycles. The first-order chi connectivity index (χ1) is 7.92. The lowest BCUT2D eigenvalue weighted by Crippen LogP contribution is -2.07. The molecule has 2 N–H and O–H groups in total. The number of halogens is 3. The third-order valence-corrected chi connectivity index (χ3v) is 2.52. The Morgan fingerprint density at radius 3 is 2.59 bits per heavy atom. The number of rotatable bonds is 5. The molecule has 0 aliphatic carbocycles. The van der Waals surface area contributed by atoms with Crippen molar-refractivity contribution < 1.29 is 22.6 Å². The Morgan fingerprint density at radius 1 is 1.35 bits per heavy atom. The van der Waals surface area contributed by atoms with E-state index in [0.717, 1.165) is 0 Å². The second-order valence-electron chi connectivity index (χ2n) is 3.05. The molecule has 0 atom stereocenters. The second kappa shape index (κ2) is 5.90. The molecule has 0 spiro atoms. The van der Waals surface area contributed by atoms with Gasteiger partial charge in [0.2, 0.25) is 0 Å². The van der Waals surface area contributed by atoms with Gasteiger partial charge in [-0.05, 0) is 23.9 Å². The molecule has 1 aromatic rings. The molecule has 3 nitrogen and oxygen atoms in total. The first kappa shape index (κ1) is 13.8. The highest BCUT2D eigenvalue weighted by molar-refractivity contribution is 8.00. The molecule has 0 fully saturated rings. The van der Waals surface area contributed by atoms with Crippen molar-refractivity contribution in [1.29, 1.82) is 0 Å². The van der Waals surface area contributed by atoms with Crippen molar-refractivity contribution in [2.75, 3.05) is 25.2 Å². The topological polar surface area (TPSA) is 44.5 Å². The summed E-state index contributed by atoms with van der Waals surface area (Å²) in [4.78, 5) is 0. The zero-order valence-corrected chi connectivity index (χ0v) is 9.90. The van der Waals surface area contributed by atoms with Gasteiger partial charge in [0.05, 0.1) is 19.4 Å². The van der Waals surface area contributed by atoms with E-state index in [1.807, 2.05) is 0 Å². The average Bonchev–Trinajstić information content (AvgIpc) is 2.23. The van der Waals surface area contributed by atoms with Gasteiger partial charge in [-0.3, -0.25) is 0 Å². The molecule has 1 rings (SSSR count). The highest BCUT2D eigenvalue weighted by Crippen LogP contribution is 2.30. The minimum atomic E-state index is -4.22. The number of benzene rings is 1. The van der Waals surface area contributed by atoms with Crippen LogP contribution in [0.3, 0.4) is 0 Å². The van der Waals surface area contributed by atoms with Crippen LogP contribution in [0.5, 0.6) is 11.5 Å². The van der Waals surface area contributed by atoms with Crippen LogP contribution < -0.4 is 15.2 Å². The van der Waals surface area contributed by atoms with Crippen molar-refractivity contribution in [3.05, 3.63) is 18.2 Å². The molecule has 0 aromatic heterocycles. The first-order valence-electron chi connectivity index (χ1n) is 4.69. The van der Waals surface area contributed by atoms with Gasteiger partial charge in [0.15, 0.2) is 0 Å². The molecule has 0 bridgehead atoms. The van der Waals surface area contributed by atoms with E-state index in [0.29, 0.717) is 17.2 Å². The number of methoxy groups -OCH3 is 1. The lowest BCUT2D eigenvalue weighted by atomic mass is 10.3. The van der Waals surface area contributed by atoms with Crippen LogP contribution in [0.25, 0.3) is 0 Å². The van der Waals surface area contributed by atoms with E-state index in [-0.39, 0.29) is 24.1 Å². The molecular weight excluding hydrogens is 255 g/mol. The van der Waals surface area contributed by atoms with Crippen molar-refractivity contribution in [2.45, 2.75) is 5.51 Å². The number of ether oxygens (including phenoxy) is 2. The fraction of sp³-hybridized carbons (Fsp3) is 0.400. The monoisotopic (exact) mass is 267 g/mol. The molecule has 17 heavy (non-hydrogen) atoms. The molecule has 0 unspecified atom stereocenters. The molecule has 0 radical (unpaired) electrons. The number of hydrogen-bond donors (Lipinski definition) is 1. The van der Waals surface area contributed by atoms with Gasteiger partial charge in [0.25, 0.3) is 0 Å². The van der Waals surface area contributed by atoms with Crippen molar-refractivity contribution in [1.82, 2.24) is 0 Å². The summed E-state index contributed by atoms with van der Waals surface area (Å²) in [6.07, 6.45) is 0. The number of thioether (sulfide) groups is 1. The predicted molar refractivity (Wildman–Crippen MR) is 61.4 cm³/mol. The highest BCUT2D eigenvalue weighted by atomic mass is 32.2. The van der Waals surface area contributed by atoms with E-state index in [9.17, 15) is 13.2 Å². The highest BCUT2D eigenvalue weighted by Gasteiger charge is 2.27. The zero-order chi connectivity index (χ0) is 12.9. The second-order valence-corrected chi connectivity index (χ2v) is 4.21. The van der Waals surface area contributed by atoms with Crippen LogP contribution in [0.15, 0.2) is 18.2 Å². The van der Waals surface area contributed by atoms with E-state index < -0.39 is 5.51 Å². The summed E-state index contributed by atoms with van der Waals surface area (Å²) in [7, 11) is 1.48. The molecule has 0 aliphatic heterocycles. The zero-order valence-electron chi connectivity index (χ0n) is 9.08. The first-order valence-corrected chi connectivity index (χ1v) is 5.68. The number of nitrogens with two attached hydrogens (primary N) is 1. The molecule has 1 aromatic carbocycles. The summed E-state index contributed by atoms with van der Waals surface area (Å²) < 4.78 is 45.5. The molecule has 0 saturated carbocycles. The Bertz CT molecular complexity index is 371. The Balaban J connectivity index is 2.40. The van der Waals surface area contributed by atoms with Crippen LogP contribution in [0.4, 0.5) is 18.9 Å². The smallest absolute Gasteiger partial charge is 0.441 e. The Kier molecular flexibility index (Phi) is 4.80. The quantitative estimate of drug-likeness (QED) is 0.658. The molecular formula is C10H12F3NO2S. The summed E-state index contributed by atoms with van der Waals surface area (Å²) in [6.45, 7) is -0.0318. The standard InChI is InChI=1S/C10H12F3NO2S/c1-15-9-3-2-7(6-8(9)14)16-4-5-17-10(11,12)13/h2-3,6H,4-5,14H2,1H3.